The highest BCUT2D eigenvalue weighted by atomic mass is 16.6. The van der Waals surface area contributed by atoms with Crippen molar-refractivity contribution in [1.82, 2.24) is 0 Å². The molecule has 1 aliphatic heterocycles. The molecule has 6 atom stereocenters. The lowest BCUT2D eigenvalue weighted by Crippen LogP contribution is -2.40. The fourth-order valence-corrected chi connectivity index (χ4v) is 5.42. The molecule has 1 heterocycles. The Kier molecular flexibility index (Phi) is 6.81. The molecule has 0 aromatic carbocycles. The van der Waals surface area contributed by atoms with E-state index in [-0.39, 0.29) is 5.92 Å². The van der Waals surface area contributed by atoms with Crippen molar-refractivity contribution in [2.75, 3.05) is 13.2 Å². The van der Waals surface area contributed by atoms with Crippen molar-refractivity contribution in [2.24, 2.45) is 29.6 Å². The van der Waals surface area contributed by atoms with Gasteiger partial charge in [0.05, 0.1) is 13.2 Å². The number of ether oxygens (including phenoxy) is 2. The number of rotatable bonds is 5. The van der Waals surface area contributed by atoms with Crippen molar-refractivity contribution in [3.8, 4) is 0 Å². The molecule has 4 nitrogen and oxygen atoms in total. The van der Waals surface area contributed by atoms with Gasteiger partial charge in [0.25, 0.3) is 0 Å². The lowest BCUT2D eigenvalue weighted by Gasteiger charge is -2.41. The fourth-order valence-electron chi connectivity index (χ4n) is 5.42. The van der Waals surface area contributed by atoms with Crippen molar-refractivity contribution in [3.63, 3.8) is 0 Å². The average molecular weight is 355 g/mol. The maximum absolute atomic E-state index is 10.7. The smallest absolute Gasteiger partial charge is 0.162 e. The van der Waals surface area contributed by atoms with E-state index in [0.29, 0.717) is 36.9 Å². The third-order valence-electron chi connectivity index (χ3n) is 7.19. The Morgan fingerprint density at radius 1 is 1.08 bits per heavy atom. The van der Waals surface area contributed by atoms with Gasteiger partial charge in [0, 0.05) is 12.3 Å². The minimum absolute atomic E-state index is 0.128. The normalized spacial score (nSPS) is 40.1. The Hall–Kier alpha value is -0.160. The molecule has 4 unspecified atom stereocenters. The van der Waals surface area contributed by atoms with Crippen LogP contribution in [0.5, 0.6) is 0 Å². The summed E-state index contributed by atoms with van der Waals surface area (Å²) in [5, 5.41) is 20.9. The van der Waals surface area contributed by atoms with E-state index >= 15 is 0 Å². The minimum atomic E-state index is -0.985. The van der Waals surface area contributed by atoms with Crippen LogP contribution < -0.4 is 0 Å². The van der Waals surface area contributed by atoms with Gasteiger partial charge in [0.15, 0.2) is 12.1 Å². The number of hydrogen-bond acceptors (Lipinski definition) is 4. The predicted octanol–water partition coefficient (Wildman–Crippen LogP) is 4.09. The Morgan fingerprint density at radius 3 is 2.60 bits per heavy atom. The fraction of sp³-hybridized carbons (Fsp3) is 1.00. The molecule has 0 bridgehead atoms. The molecule has 0 spiro atoms. The summed E-state index contributed by atoms with van der Waals surface area (Å²) in [4.78, 5) is 0. The van der Waals surface area contributed by atoms with Crippen molar-refractivity contribution in [2.45, 2.75) is 90.1 Å². The maximum Gasteiger partial charge on any atom is 0.162 e. The lowest BCUT2D eigenvalue weighted by atomic mass is 9.66. The standard InChI is InChI=1S/C21H38O4/c1-15(20(22)24-13-16-7-4-3-5-8-16)18-10-6-9-17-11-12-21(2,23)25-14-19(17)18/h15-20,22-23H,3-14H2,1-2H3/t15-,17?,18?,19?,20?,21+/m1/s1. The van der Waals surface area contributed by atoms with E-state index in [1.54, 1.807) is 6.92 Å². The number of aliphatic hydroxyl groups excluding tert-OH is 1. The van der Waals surface area contributed by atoms with E-state index < -0.39 is 12.1 Å². The molecule has 0 aromatic heterocycles. The third kappa shape index (κ3) is 5.18. The SMILES string of the molecule is C[C@@H](C(O)OCC1CCCCC1)C1CCCC2CC[C@@](C)(O)OCC21. The van der Waals surface area contributed by atoms with Gasteiger partial charge in [-0.3, -0.25) is 0 Å². The third-order valence-corrected chi connectivity index (χ3v) is 7.19. The molecular weight excluding hydrogens is 316 g/mol. The van der Waals surface area contributed by atoms with E-state index in [9.17, 15) is 10.2 Å². The summed E-state index contributed by atoms with van der Waals surface area (Å²) in [5.41, 5.74) is 0. The molecule has 0 aromatic rings. The van der Waals surface area contributed by atoms with Crippen LogP contribution in [-0.2, 0) is 9.47 Å². The van der Waals surface area contributed by atoms with Gasteiger partial charge in [-0.05, 0) is 56.3 Å². The van der Waals surface area contributed by atoms with Crippen LogP contribution in [0.4, 0.5) is 0 Å². The molecule has 1 saturated heterocycles. The quantitative estimate of drug-likeness (QED) is 0.730. The molecule has 4 heteroatoms. The summed E-state index contributed by atoms with van der Waals surface area (Å²) < 4.78 is 11.7. The van der Waals surface area contributed by atoms with E-state index in [1.165, 1.54) is 44.9 Å². The van der Waals surface area contributed by atoms with Crippen LogP contribution in [0.15, 0.2) is 0 Å². The molecule has 2 saturated carbocycles. The van der Waals surface area contributed by atoms with E-state index in [2.05, 4.69) is 6.92 Å². The molecule has 25 heavy (non-hydrogen) atoms. The van der Waals surface area contributed by atoms with Crippen molar-refractivity contribution < 1.29 is 19.7 Å². The molecule has 3 rings (SSSR count). The summed E-state index contributed by atoms with van der Waals surface area (Å²) >= 11 is 0. The van der Waals surface area contributed by atoms with Crippen LogP contribution in [-0.4, -0.2) is 35.5 Å². The van der Waals surface area contributed by atoms with Crippen molar-refractivity contribution in [3.05, 3.63) is 0 Å². The monoisotopic (exact) mass is 354 g/mol. The van der Waals surface area contributed by atoms with Gasteiger partial charge in [0.1, 0.15) is 0 Å². The molecule has 3 aliphatic rings. The van der Waals surface area contributed by atoms with Gasteiger partial charge in [-0.15, -0.1) is 0 Å². The zero-order valence-electron chi connectivity index (χ0n) is 16.2. The summed E-state index contributed by atoms with van der Waals surface area (Å²) in [6.45, 7) is 5.24. The van der Waals surface area contributed by atoms with Crippen LogP contribution >= 0.6 is 0 Å². The molecule has 146 valence electrons. The van der Waals surface area contributed by atoms with Gasteiger partial charge in [-0.2, -0.15) is 0 Å². The van der Waals surface area contributed by atoms with E-state index in [4.69, 9.17) is 9.47 Å². The predicted molar refractivity (Wildman–Crippen MR) is 97.8 cm³/mol. The Balaban J connectivity index is 1.54. The first kappa shape index (κ1) is 19.6. The van der Waals surface area contributed by atoms with Crippen LogP contribution in [0.3, 0.4) is 0 Å². The van der Waals surface area contributed by atoms with E-state index in [1.807, 2.05) is 0 Å². The molecule has 2 aliphatic carbocycles. The zero-order chi connectivity index (χ0) is 17.9. The maximum atomic E-state index is 10.7. The highest BCUT2D eigenvalue weighted by Crippen LogP contribution is 2.45. The second kappa shape index (κ2) is 8.69. The largest absolute Gasteiger partial charge is 0.368 e. The first-order valence-corrected chi connectivity index (χ1v) is 10.6. The first-order valence-electron chi connectivity index (χ1n) is 10.6. The second-order valence-electron chi connectivity index (χ2n) is 9.13. The van der Waals surface area contributed by atoms with Gasteiger partial charge < -0.3 is 19.7 Å². The van der Waals surface area contributed by atoms with Gasteiger partial charge in [-0.1, -0.05) is 39.0 Å². The number of fused-ring (bicyclic) bond motifs is 1. The zero-order valence-corrected chi connectivity index (χ0v) is 16.2. The Labute approximate surface area is 153 Å². The number of aliphatic hydroxyl groups is 2. The summed E-state index contributed by atoms with van der Waals surface area (Å²) in [6.07, 6.45) is 11.1. The van der Waals surface area contributed by atoms with Crippen molar-refractivity contribution in [1.29, 1.82) is 0 Å². The van der Waals surface area contributed by atoms with Crippen LogP contribution in [0, 0.1) is 29.6 Å². The Bertz CT molecular complexity index is 405. The highest BCUT2D eigenvalue weighted by molar-refractivity contribution is 4.88. The van der Waals surface area contributed by atoms with Gasteiger partial charge in [0.2, 0.25) is 0 Å². The molecular formula is C21H38O4. The van der Waals surface area contributed by atoms with Crippen LogP contribution in [0.2, 0.25) is 0 Å². The van der Waals surface area contributed by atoms with Crippen molar-refractivity contribution >= 4 is 0 Å². The Morgan fingerprint density at radius 2 is 1.84 bits per heavy atom. The van der Waals surface area contributed by atoms with Gasteiger partial charge in [-0.25, -0.2) is 0 Å². The molecule has 0 radical (unpaired) electrons. The average Bonchev–Trinajstić information content (AvgIpc) is 2.78. The topological polar surface area (TPSA) is 58.9 Å². The summed E-state index contributed by atoms with van der Waals surface area (Å²) in [5.74, 6) is 1.25. The molecule has 3 fully saturated rings. The first-order chi connectivity index (χ1) is 12.0. The summed E-state index contributed by atoms with van der Waals surface area (Å²) in [6, 6.07) is 0. The molecule has 0 amide bonds. The van der Waals surface area contributed by atoms with E-state index in [0.717, 1.165) is 19.3 Å². The molecule has 2 N–H and O–H groups in total. The van der Waals surface area contributed by atoms with Crippen LogP contribution in [0.1, 0.15) is 78.1 Å². The lowest BCUT2D eigenvalue weighted by molar-refractivity contribution is -0.201. The second-order valence-corrected chi connectivity index (χ2v) is 9.13. The number of hydrogen-bond donors (Lipinski definition) is 2. The summed E-state index contributed by atoms with van der Waals surface area (Å²) in [7, 11) is 0. The minimum Gasteiger partial charge on any atom is -0.368 e. The van der Waals surface area contributed by atoms with Gasteiger partial charge >= 0.3 is 0 Å². The highest BCUT2D eigenvalue weighted by Gasteiger charge is 2.42. The van der Waals surface area contributed by atoms with Crippen LogP contribution in [0.25, 0.3) is 0 Å².